The van der Waals surface area contributed by atoms with Crippen molar-refractivity contribution < 1.29 is 148 Å². The first-order valence-electron chi connectivity index (χ1n) is 44.9. The van der Waals surface area contributed by atoms with Gasteiger partial charge >= 0.3 is 59.1 Å². The number of rotatable bonds is 26. The number of hydroxylamine groups is 3. The summed E-state index contributed by atoms with van der Waals surface area (Å²) in [7, 11) is 0. The average Bonchev–Trinajstić information content (AvgIpc) is 1.56. The largest absolute Gasteiger partial charge is 0.480 e. The smallest absolute Gasteiger partial charge is 0.375 e. The van der Waals surface area contributed by atoms with Gasteiger partial charge in [-0.05, 0) is 121 Å². The topological polar surface area (TPSA) is 490 Å². The van der Waals surface area contributed by atoms with E-state index in [0.717, 1.165) is 5.01 Å². The number of ether oxygens (including phenoxy) is 11. The van der Waals surface area contributed by atoms with Gasteiger partial charge in [0.05, 0.1) is 84.2 Å². The molecular formula is C99H101N9O31S2. The number of amides is 7. The summed E-state index contributed by atoms with van der Waals surface area (Å²) in [6.07, 6.45) is -1.68. The van der Waals surface area contributed by atoms with Gasteiger partial charge in [0, 0.05) is 71.5 Å². The summed E-state index contributed by atoms with van der Waals surface area (Å²) in [5.41, 5.74) is -5.01. The third-order valence-electron chi connectivity index (χ3n) is 23.0. The maximum atomic E-state index is 14.5. The summed E-state index contributed by atoms with van der Waals surface area (Å²) in [5, 5.41) is 23.2. The van der Waals surface area contributed by atoms with E-state index in [1.165, 1.54) is 51.8 Å². The lowest BCUT2D eigenvalue weighted by molar-refractivity contribution is -0.263. The molecule has 2 N–H and O–H groups in total. The zero-order valence-corrected chi connectivity index (χ0v) is 80.9. The summed E-state index contributed by atoms with van der Waals surface area (Å²) in [6.45, 7) is 23.3. The highest BCUT2D eigenvalue weighted by Gasteiger charge is 2.67. The number of urea groups is 1. The van der Waals surface area contributed by atoms with Crippen LogP contribution in [0.15, 0.2) is 167 Å². The number of ketones is 3. The summed E-state index contributed by atoms with van der Waals surface area (Å²) >= 11 is 2.57. The number of carbonyl (C=O) groups is 15. The first-order chi connectivity index (χ1) is 66.6. The second-order valence-corrected chi connectivity index (χ2v) is 40.1. The Balaban J connectivity index is 0.000000178. The number of aromatic nitrogens is 2. The predicted molar refractivity (Wildman–Crippen MR) is 492 cm³/mol. The number of carboxylic acids is 1. The first-order valence-corrected chi connectivity index (χ1v) is 46.7. The molecule has 2 aromatic heterocycles. The van der Waals surface area contributed by atoms with E-state index >= 15 is 0 Å². The van der Waals surface area contributed by atoms with Gasteiger partial charge in [-0.25, -0.2) is 49.0 Å². The second-order valence-electron chi connectivity index (χ2n) is 38.0. The number of nitrogens with one attached hydrogen (secondary N) is 1. The zero-order valence-electron chi connectivity index (χ0n) is 79.2. The molecule has 5 fully saturated rings. The Bertz CT molecular complexity index is 6190. The molecule has 0 aliphatic carbocycles. The van der Waals surface area contributed by atoms with Crippen molar-refractivity contribution in [3.05, 3.63) is 222 Å². The van der Waals surface area contributed by atoms with Crippen LogP contribution in [0.25, 0.3) is 0 Å². The SMILES string of the molecule is CC(C)(C)OC(=O)C(=O)C[C@@H](C(=O)O)N1C(=O)c2cc3c(cc2C1=O)OC(c1ccccc1)(c1ccccc1)O3.Cc1nc(/C(=N/OC2(C(=O)OC(C)(C)C)CCOCC2)C(=O)CN2CONC2=O)cs1.Cc1nc(/C(=N/OC2(C(=O)OC(C)(C)C)CCOCC2)C(=O)C[C@H]2CON(C3(C(=O)OC(C)(C)C)C[C@H](N4C(=O)c5cc6c(cc5C4=O)OC(c4ccccc4)(c4ccccc4)O6)C(=O)O3)C2=O)cs1. The van der Waals surface area contributed by atoms with Gasteiger partial charge in [-0.2, -0.15) is 5.06 Å². The average molecular weight is 1980 g/mol. The van der Waals surface area contributed by atoms with Crippen LogP contribution in [-0.4, -0.2) is 233 Å². The maximum Gasteiger partial charge on any atom is 0.375 e. The normalized spacial score (nSPS) is 20.0. The molecule has 740 valence electrons. The van der Waals surface area contributed by atoms with Crippen molar-refractivity contribution in [2.75, 3.05) is 46.3 Å². The number of imide groups is 2. The Hall–Kier alpha value is -14.6. The fraction of sp³-hybridized carbons (Fsp3) is 0.404. The number of thiazole rings is 2. The monoisotopic (exact) mass is 1980 g/mol. The van der Waals surface area contributed by atoms with E-state index in [1.807, 2.05) is 121 Å². The van der Waals surface area contributed by atoms with Gasteiger partial charge in [0.25, 0.3) is 29.5 Å². The van der Waals surface area contributed by atoms with Crippen molar-refractivity contribution in [2.24, 2.45) is 16.2 Å². The number of carbonyl (C=O) groups excluding carboxylic acids is 14. The van der Waals surface area contributed by atoms with Crippen LogP contribution in [0.2, 0.25) is 0 Å². The number of fused-ring (bicyclic) bond motifs is 4. The van der Waals surface area contributed by atoms with Gasteiger partial charge in [0.1, 0.15) is 45.9 Å². The molecule has 7 amide bonds. The van der Waals surface area contributed by atoms with Crippen LogP contribution in [0.3, 0.4) is 0 Å². The molecule has 9 aliphatic rings. The Morgan fingerprint density at radius 3 is 1.25 bits per heavy atom. The van der Waals surface area contributed by atoms with Gasteiger partial charge < -0.3 is 66.9 Å². The van der Waals surface area contributed by atoms with E-state index in [9.17, 15) is 77.0 Å². The minimum Gasteiger partial charge on any atom is -0.480 e. The zero-order chi connectivity index (χ0) is 101. The third kappa shape index (κ3) is 21.2. The van der Waals surface area contributed by atoms with Crippen LogP contribution in [0, 0.1) is 19.8 Å². The molecule has 40 nitrogen and oxygen atoms in total. The lowest BCUT2D eigenvalue weighted by Crippen LogP contribution is -2.57. The third-order valence-corrected chi connectivity index (χ3v) is 24.5. The van der Waals surface area contributed by atoms with E-state index in [1.54, 1.807) is 108 Å². The fourth-order valence-electron chi connectivity index (χ4n) is 16.3. The number of aryl methyl sites for hydroxylation is 2. The first kappa shape index (κ1) is 101. The van der Waals surface area contributed by atoms with Crippen LogP contribution < -0.4 is 24.4 Å². The van der Waals surface area contributed by atoms with Gasteiger partial charge in [0.2, 0.25) is 22.8 Å². The van der Waals surface area contributed by atoms with Crippen molar-refractivity contribution in [3.63, 3.8) is 0 Å². The quantitative estimate of drug-likeness (QED) is 0.0127. The summed E-state index contributed by atoms with van der Waals surface area (Å²) in [4.78, 5) is 234. The van der Waals surface area contributed by atoms with Crippen molar-refractivity contribution >= 4 is 123 Å². The highest BCUT2D eigenvalue weighted by molar-refractivity contribution is 7.10. The van der Waals surface area contributed by atoms with E-state index in [4.69, 9.17) is 71.5 Å². The molecule has 1 unspecified atom stereocenters. The van der Waals surface area contributed by atoms with Crippen LogP contribution >= 0.6 is 22.7 Å². The maximum absolute atomic E-state index is 14.5. The number of cyclic esters (lactones) is 1. The van der Waals surface area contributed by atoms with Crippen molar-refractivity contribution in [2.45, 2.75) is 205 Å². The number of hydrogen-bond acceptors (Lipinski definition) is 36. The molecule has 4 atom stereocenters. The van der Waals surface area contributed by atoms with Crippen LogP contribution in [0.5, 0.6) is 23.0 Å². The Morgan fingerprint density at radius 2 is 0.887 bits per heavy atom. The molecule has 0 bridgehead atoms. The van der Waals surface area contributed by atoms with E-state index < -0.39 is 184 Å². The Kier molecular flexibility index (Phi) is 28.3. The standard InChI is InChI=1S/C50H50N4O15S.C30H25NO9.C19H26N4O7S/c1-28-51-34(27-70-28)39(52-69-48(18-20-62-21-19-48)44(60)67-46(2,3)4)36(55)22-29-26-63-54(40(29)56)49(45(61)68-47(5,6)7)25-35(43(59)66-49)53-41(57)32-23-37-38(24-33(32)42(53)58)65-50(64-37,30-14-10-8-11-15-30)31-16-12-9-13-17-31;1-29(2,3)40-28(37)22(32)16-21(27(35)36)31-25(33)19-14-23-24(15-20(19)26(31)34)39-30(38-23,17-10-6-4-7-11-17)18-12-8-5-9-13-18;1-12-20-13(10-31-12)15(14(24)9-23-11-28-22-17(23)26)21-30-19(5-7-27-8-6-19)16(25)29-18(2,3)4/h8-17,23-24,27,29,35H,18-22,25-26H2,1-7H3;4-15,21H,16H2,1-3H3,(H,35,36);10H,5-9,11H2,1-4H3,(H,22,26)/b52-39-;;21-15-/t29-,35-,49?;21-;/m00./s1. The molecule has 0 spiro atoms. The molecule has 11 heterocycles. The van der Waals surface area contributed by atoms with Crippen molar-refractivity contribution in [1.29, 1.82) is 0 Å². The number of nitrogens with zero attached hydrogens (tertiary/aromatic N) is 8. The summed E-state index contributed by atoms with van der Waals surface area (Å²) in [6, 6.07) is 37.7. The molecule has 17 rings (SSSR count). The minimum absolute atomic E-state index is 0.0754. The van der Waals surface area contributed by atoms with Crippen LogP contribution in [0.4, 0.5) is 4.79 Å². The van der Waals surface area contributed by atoms with Gasteiger partial charge in [-0.3, -0.25) is 62.7 Å². The molecule has 0 radical (unpaired) electrons. The van der Waals surface area contributed by atoms with Gasteiger partial charge in [0.15, 0.2) is 46.9 Å². The molecule has 42 heteroatoms. The van der Waals surface area contributed by atoms with Gasteiger partial charge in [-0.15, -0.1) is 22.7 Å². The van der Waals surface area contributed by atoms with Crippen molar-refractivity contribution in [1.82, 2.24) is 35.2 Å². The van der Waals surface area contributed by atoms with E-state index in [0.29, 0.717) is 61.0 Å². The van der Waals surface area contributed by atoms with E-state index in [-0.39, 0.29) is 115 Å². The predicted octanol–water partition coefficient (Wildman–Crippen LogP) is 11.0. The number of esters is 5. The van der Waals surface area contributed by atoms with Crippen LogP contribution in [0.1, 0.15) is 213 Å². The molecular weight excluding hydrogens is 1880 g/mol. The molecule has 0 saturated carbocycles. The van der Waals surface area contributed by atoms with Crippen molar-refractivity contribution in [3.8, 4) is 23.0 Å². The molecule has 8 aromatic rings. The number of hydrogen-bond donors (Lipinski definition) is 2. The van der Waals surface area contributed by atoms with E-state index in [2.05, 4.69) is 25.8 Å². The number of benzene rings is 6. The number of aliphatic carboxylic acids is 1. The van der Waals surface area contributed by atoms with Crippen LogP contribution in [-0.2, 0) is 112 Å². The summed E-state index contributed by atoms with van der Waals surface area (Å²) < 4.78 is 64.2. The lowest BCUT2D eigenvalue weighted by Gasteiger charge is -2.35. The number of Topliss-reactive ketones (excluding diaryl/α,β-unsaturated/α-hetero) is 3. The summed E-state index contributed by atoms with van der Waals surface area (Å²) in [5.74, 6) is -17.1. The Morgan fingerprint density at radius 1 is 0.504 bits per heavy atom. The minimum atomic E-state index is -2.66. The number of oxime groups is 2. The molecule has 141 heavy (non-hydrogen) atoms. The highest BCUT2D eigenvalue weighted by Crippen LogP contribution is 2.53. The number of carboxylic acid groups (broad SMARTS) is 1. The Labute approximate surface area is 814 Å². The molecule has 9 aliphatic heterocycles. The molecule has 5 saturated heterocycles. The van der Waals surface area contributed by atoms with Gasteiger partial charge in [-0.1, -0.05) is 132 Å². The molecule has 6 aromatic carbocycles. The second kappa shape index (κ2) is 39.6. The fourth-order valence-corrected chi connectivity index (χ4v) is 17.5. The highest BCUT2D eigenvalue weighted by atomic mass is 32.1. The lowest BCUT2D eigenvalue weighted by atomic mass is 9.94.